The molecule has 2 aromatic heterocycles. The molecule has 3 atom stereocenters. The summed E-state index contributed by atoms with van der Waals surface area (Å²) in [7, 11) is 1.59. The summed E-state index contributed by atoms with van der Waals surface area (Å²) in [6.45, 7) is 4.04. The molecule has 4 heterocycles. The molecular formula is C28H28N6O3. The standard InChI is InChI=1S/C28H28N6O3/c1-17(2)13-24(33(3)25(35)23-11-10-21-22(31-23)9-6-12-30-21)26(36)34-16-28(14-18(34)15-29)19-7-4-5-8-20(19)32-27(28)37/h4-12,17-18,24H,13-14,16H2,1-3H3,(H,32,37)/t18-,24-,28-/m0/s1. The predicted octanol–water partition coefficient (Wildman–Crippen LogP) is 3.13. The van der Waals surface area contributed by atoms with Crippen molar-refractivity contribution in [3.63, 3.8) is 0 Å². The van der Waals surface area contributed by atoms with Crippen LogP contribution in [0.15, 0.2) is 54.7 Å². The Morgan fingerprint density at radius 3 is 2.73 bits per heavy atom. The summed E-state index contributed by atoms with van der Waals surface area (Å²) in [5, 5.41) is 12.9. The van der Waals surface area contributed by atoms with Crippen LogP contribution < -0.4 is 5.32 Å². The monoisotopic (exact) mass is 496 g/mol. The number of fused-ring (bicyclic) bond motifs is 3. The van der Waals surface area contributed by atoms with Crippen molar-refractivity contribution in [2.45, 2.75) is 44.2 Å². The number of nitrogens with zero attached hydrogens (tertiary/aromatic N) is 5. The molecule has 1 N–H and O–H groups in total. The van der Waals surface area contributed by atoms with E-state index in [2.05, 4.69) is 21.4 Å². The average molecular weight is 497 g/mol. The van der Waals surface area contributed by atoms with E-state index >= 15 is 0 Å². The van der Waals surface area contributed by atoms with Crippen LogP contribution in [0.4, 0.5) is 5.69 Å². The van der Waals surface area contributed by atoms with E-state index in [0.717, 1.165) is 5.56 Å². The zero-order valence-electron chi connectivity index (χ0n) is 21.0. The third-order valence-corrected chi connectivity index (χ3v) is 7.36. The van der Waals surface area contributed by atoms with Crippen LogP contribution in [0, 0.1) is 17.2 Å². The molecule has 2 aliphatic heterocycles. The van der Waals surface area contributed by atoms with Crippen LogP contribution in [-0.4, -0.2) is 63.2 Å². The van der Waals surface area contributed by atoms with Crippen molar-refractivity contribution in [3.05, 3.63) is 66.0 Å². The third kappa shape index (κ3) is 4.08. The number of aromatic nitrogens is 2. The van der Waals surface area contributed by atoms with Crippen LogP contribution in [0.1, 0.15) is 42.7 Å². The summed E-state index contributed by atoms with van der Waals surface area (Å²) in [6, 6.07) is 14.9. The van der Waals surface area contributed by atoms with Gasteiger partial charge in [-0.25, -0.2) is 4.98 Å². The minimum atomic E-state index is -0.982. The van der Waals surface area contributed by atoms with Crippen LogP contribution in [0.2, 0.25) is 0 Å². The first kappa shape index (κ1) is 24.4. The Kier molecular flexibility index (Phi) is 6.12. The third-order valence-electron chi connectivity index (χ3n) is 7.36. The SMILES string of the molecule is CC(C)C[C@@H](C(=O)N1C[C@]2(C[C@H]1C#N)C(=O)Nc1ccccc12)N(C)C(=O)c1ccc2ncccc2n1. The van der Waals surface area contributed by atoms with E-state index in [4.69, 9.17) is 0 Å². The zero-order chi connectivity index (χ0) is 26.3. The molecular weight excluding hydrogens is 468 g/mol. The van der Waals surface area contributed by atoms with Gasteiger partial charge in [0.05, 0.1) is 22.5 Å². The second-order valence-corrected chi connectivity index (χ2v) is 10.2. The molecule has 1 saturated heterocycles. The van der Waals surface area contributed by atoms with Gasteiger partial charge in [0.1, 0.15) is 17.8 Å². The van der Waals surface area contributed by atoms with E-state index in [0.29, 0.717) is 23.1 Å². The first-order valence-corrected chi connectivity index (χ1v) is 12.3. The molecule has 37 heavy (non-hydrogen) atoms. The Balaban J connectivity index is 1.46. The van der Waals surface area contributed by atoms with E-state index in [-0.39, 0.29) is 36.4 Å². The molecule has 0 bridgehead atoms. The number of amides is 3. The van der Waals surface area contributed by atoms with Gasteiger partial charge >= 0.3 is 0 Å². The minimum absolute atomic E-state index is 0.0867. The van der Waals surface area contributed by atoms with Gasteiger partial charge in [0.25, 0.3) is 5.91 Å². The van der Waals surface area contributed by atoms with Crippen molar-refractivity contribution in [1.29, 1.82) is 5.26 Å². The lowest BCUT2D eigenvalue weighted by molar-refractivity contribution is -0.136. The number of carbonyl (C=O) groups is 3. The highest BCUT2D eigenvalue weighted by molar-refractivity contribution is 6.07. The number of anilines is 1. The number of hydrogen-bond donors (Lipinski definition) is 1. The number of nitrogens with one attached hydrogen (secondary N) is 1. The van der Waals surface area contributed by atoms with E-state index in [1.54, 1.807) is 37.5 Å². The maximum Gasteiger partial charge on any atom is 0.272 e. The molecule has 0 aliphatic carbocycles. The number of carbonyl (C=O) groups excluding carboxylic acids is 3. The van der Waals surface area contributed by atoms with Gasteiger partial charge in [0, 0.05) is 31.9 Å². The lowest BCUT2D eigenvalue weighted by atomic mass is 9.80. The maximum absolute atomic E-state index is 14.0. The Bertz CT molecular complexity index is 1450. The molecule has 1 spiro atoms. The van der Waals surface area contributed by atoms with Gasteiger partial charge in [-0.3, -0.25) is 19.4 Å². The number of para-hydroxylation sites is 1. The van der Waals surface area contributed by atoms with E-state index < -0.39 is 23.4 Å². The fraction of sp³-hybridized carbons (Fsp3) is 0.357. The highest BCUT2D eigenvalue weighted by atomic mass is 16.2. The number of hydrogen-bond acceptors (Lipinski definition) is 6. The van der Waals surface area contributed by atoms with Crippen molar-refractivity contribution in [1.82, 2.24) is 19.8 Å². The Morgan fingerprint density at radius 2 is 1.97 bits per heavy atom. The highest BCUT2D eigenvalue weighted by Gasteiger charge is 2.56. The first-order valence-electron chi connectivity index (χ1n) is 12.3. The summed E-state index contributed by atoms with van der Waals surface area (Å²) in [4.78, 5) is 52.2. The molecule has 3 aromatic rings. The van der Waals surface area contributed by atoms with Crippen molar-refractivity contribution in [2.24, 2.45) is 5.92 Å². The minimum Gasteiger partial charge on any atom is -0.328 e. The largest absolute Gasteiger partial charge is 0.328 e. The van der Waals surface area contributed by atoms with Crippen molar-refractivity contribution >= 4 is 34.4 Å². The number of rotatable bonds is 5. The highest BCUT2D eigenvalue weighted by Crippen LogP contribution is 2.46. The molecule has 1 aromatic carbocycles. The molecule has 3 amide bonds. The van der Waals surface area contributed by atoms with Crippen LogP contribution in [0.5, 0.6) is 0 Å². The maximum atomic E-state index is 14.0. The smallest absolute Gasteiger partial charge is 0.272 e. The fourth-order valence-electron chi connectivity index (χ4n) is 5.45. The molecule has 5 rings (SSSR count). The lowest BCUT2D eigenvalue weighted by Crippen LogP contribution is -2.52. The van der Waals surface area contributed by atoms with Gasteiger partial charge in [-0.2, -0.15) is 5.26 Å². The van der Waals surface area contributed by atoms with Crippen LogP contribution in [0.25, 0.3) is 11.0 Å². The number of benzene rings is 1. The van der Waals surface area contributed by atoms with E-state index in [9.17, 15) is 19.6 Å². The molecule has 0 unspecified atom stereocenters. The number of nitriles is 1. The average Bonchev–Trinajstić information content (AvgIpc) is 3.43. The van der Waals surface area contributed by atoms with Gasteiger partial charge in [0.15, 0.2) is 0 Å². The van der Waals surface area contributed by atoms with Crippen molar-refractivity contribution < 1.29 is 14.4 Å². The Hall–Kier alpha value is -4.32. The number of pyridine rings is 2. The molecule has 0 radical (unpaired) electrons. The van der Waals surface area contributed by atoms with Crippen molar-refractivity contribution in [3.8, 4) is 6.07 Å². The molecule has 1 fully saturated rings. The van der Waals surface area contributed by atoms with Crippen LogP contribution in [-0.2, 0) is 15.0 Å². The lowest BCUT2D eigenvalue weighted by Gasteiger charge is -2.33. The Morgan fingerprint density at radius 1 is 1.19 bits per heavy atom. The van der Waals surface area contributed by atoms with E-state index in [1.807, 2.05) is 38.1 Å². The second-order valence-electron chi connectivity index (χ2n) is 10.2. The topological polar surface area (TPSA) is 119 Å². The summed E-state index contributed by atoms with van der Waals surface area (Å²) in [5.74, 6) is -0.836. The Labute approximate surface area is 215 Å². The van der Waals surface area contributed by atoms with Gasteiger partial charge in [-0.15, -0.1) is 0 Å². The predicted molar refractivity (Wildman–Crippen MR) is 137 cm³/mol. The van der Waals surface area contributed by atoms with Gasteiger partial charge in [-0.05, 0) is 48.2 Å². The molecule has 188 valence electrons. The summed E-state index contributed by atoms with van der Waals surface area (Å²) in [5.41, 5.74) is 2.00. The number of likely N-dealkylation sites (tertiary alicyclic amines) is 1. The quantitative estimate of drug-likeness (QED) is 0.580. The summed E-state index contributed by atoms with van der Waals surface area (Å²) >= 11 is 0. The van der Waals surface area contributed by atoms with Gasteiger partial charge in [0.2, 0.25) is 11.8 Å². The molecule has 2 aliphatic rings. The fourth-order valence-corrected chi connectivity index (χ4v) is 5.45. The summed E-state index contributed by atoms with van der Waals surface area (Å²) < 4.78 is 0. The normalized spacial score (nSPS) is 21.1. The molecule has 0 saturated carbocycles. The zero-order valence-corrected chi connectivity index (χ0v) is 21.0. The summed E-state index contributed by atoms with van der Waals surface area (Å²) in [6.07, 6.45) is 2.27. The van der Waals surface area contributed by atoms with Gasteiger partial charge in [-0.1, -0.05) is 32.0 Å². The van der Waals surface area contributed by atoms with E-state index in [1.165, 1.54) is 9.80 Å². The number of likely N-dealkylation sites (N-methyl/N-ethyl adjacent to an activating group) is 1. The van der Waals surface area contributed by atoms with Gasteiger partial charge < -0.3 is 15.1 Å². The van der Waals surface area contributed by atoms with Crippen molar-refractivity contribution in [2.75, 3.05) is 18.9 Å². The first-order chi connectivity index (χ1) is 17.7. The molecule has 9 nitrogen and oxygen atoms in total. The van der Waals surface area contributed by atoms with Crippen LogP contribution in [0.3, 0.4) is 0 Å². The molecule has 9 heteroatoms. The second kappa shape index (κ2) is 9.28. The van der Waals surface area contributed by atoms with Crippen LogP contribution >= 0.6 is 0 Å².